The van der Waals surface area contributed by atoms with Crippen LogP contribution in [0.15, 0.2) is 61.1 Å². The fourth-order valence-electron chi connectivity index (χ4n) is 3.97. The van der Waals surface area contributed by atoms with Crippen LogP contribution in [0.2, 0.25) is 5.02 Å². The number of thiocarbonyl (C=S) groups is 1. The van der Waals surface area contributed by atoms with Crippen LogP contribution in [0.1, 0.15) is 44.1 Å². The van der Waals surface area contributed by atoms with Crippen molar-refractivity contribution in [2.45, 2.75) is 38.4 Å². The molecule has 0 amide bonds. The van der Waals surface area contributed by atoms with Crippen LogP contribution >= 0.6 is 23.8 Å². The van der Waals surface area contributed by atoms with Crippen LogP contribution in [-0.2, 0) is 10.3 Å². The van der Waals surface area contributed by atoms with Gasteiger partial charge in [-0.25, -0.2) is 0 Å². The van der Waals surface area contributed by atoms with Crippen LogP contribution in [0.25, 0.3) is 0 Å². The van der Waals surface area contributed by atoms with Gasteiger partial charge in [0.1, 0.15) is 12.4 Å². The molecule has 1 saturated heterocycles. The molecular formula is C25H29ClN4O2S. The van der Waals surface area contributed by atoms with Gasteiger partial charge in [0.2, 0.25) is 0 Å². The van der Waals surface area contributed by atoms with E-state index in [0.29, 0.717) is 29.1 Å². The third kappa shape index (κ3) is 5.00. The third-order valence-electron chi connectivity index (χ3n) is 5.67. The molecule has 2 aromatic heterocycles. The SMILES string of the molecule is COCCOc1ccc(N2C(=S)NC(c3ccccn3)C2c2ccn(C(C)(C)C)c2)cc1Cl. The van der Waals surface area contributed by atoms with Gasteiger partial charge in [-0.3, -0.25) is 4.98 Å². The Morgan fingerprint density at radius 2 is 1.97 bits per heavy atom. The molecule has 0 bridgehead atoms. The predicted octanol–water partition coefficient (Wildman–Crippen LogP) is 5.49. The summed E-state index contributed by atoms with van der Waals surface area (Å²) in [5, 5.41) is 4.64. The number of aromatic nitrogens is 2. The van der Waals surface area contributed by atoms with E-state index in [4.69, 9.17) is 33.3 Å². The van der Waals surface area contributed by atoms with Gasteiger partial charge in [-0.1, -0.05) is 17.7 Å². The number of benzene rings is 1. The number of pyridine rings is 1. The summed E-state index contributed by atoms with van der Waals surface area (Å²) < 4.78 is 13.0. The lowest BCUT2D eigenvalue weighted by Crippen LogP contribution is -2.29. The van der Waals surface area contributed by atoms with E-state index >= 15 is 0 Å². The Hall–Kier alpha value is -2.61. The molecule has 2 unspecified atom stereocenters. The van der Waals surface area contributed by atoms with E-state index < -0.39 is 0 Å². The van der Waals surface area contributed by atoms with Crippen molar-refractivity contribution >= 4 is 34.6 Å². The molecule has 1 fully saturated rings. The molecule has 3 heterocycles. The number of nitrogens with one attached hydrogen (secondary N) is 1. The fraction of sp³-hybridized carbons (Fsp3) is 0.360. The summed E-state index contributed by atoms with van der Waals surface area (Å²) in [4.78, 5) is 6.73. The van der Waals surface area contributed by atoms with E-state index in [0.717, 1.165) is 16.9 Å². The van der Waals surface area contributed by atoms with Gasteiger partial charge < -0.3 is 24.3 Å². The zero-order chi connectivity index (χ0) is 23.6. The molecule has 4 rings (SSSR count). The minimum atomic E-state index is -0.106. The van der Waals surface area contributed by atoms with Crippen molar-refractivity contribution in [3.05, 3.63) is 77.3 Å². The van der Waals surface area contributed by atoms with Crippen LogP contribution in [0.4, 0.5) is 5.69 Å². The van der Waals surface area contributed by atoms with E-state index in [1.807, 2.05) is 42.6 Å². The second-order valence-electron chi connectivity index (χ2n) is 8.98. The minimum Gasteiger partial charge on any atom is -0.490 e. The van der Waals surface area contributed by atoms with Gasteiger partial charge in [-0.15, -0.1) is 0 Å². The first-order chi connectivity index (χ1) is 15.8. The Kier molecular flexibility index (Phi) is 6.93. The lowest BCUT2D eigenvalue weighted by atomic mass is 9.98. The molecule has 1 aromatic carbocycles. The molecule has 0 aliphatic carbocycles. The summed E-state index contributed by atoms with van der Waals surface area (Å²) in [5.74, 6) is 0.618. The number of methoxy groups -OCH3 is 1. The lowest BCUT2D eigenvalue weighted by Gasteiger charge is -2.28. The second kappa shape index (κ2) is 9.71. The normalized spacial score (nSPS) is 18.5. The standard InChI is InChI=1S/C25H29ClN4O2S/c1-25(2,3)29-12-10-17(16-29)23-22(20-7-5-6-11-27-20)28-24(33)30(23)18-8-9-21(19(26)15-18)32-14-13-31-4/h5-12,15-16,22-23H,13-14H2,1-4H3,(H,28,33). The Morgan fingerprint density at radius 3 is 2.61 bits per heavy atom. The largest absolute Gasteiger partial charge is 0.490 e. The molecule has 3 aromatic rings. The molecule has 2 atom stereocenters. The first-order valence-electron chi connectivity index (χ1n) is 10.9. The van der Waals surface area contributed by atoms with Gasteiger partial charge in [0.05, 0.1) is 29.4 Å². The summed E-state index contributed by atoms with van der Waals surface area (Å²) >= 11 is 12.4. The predicted molar refractivity (Wildman–Crippen MR) is 136 cm³/mol. The number of hydrogen-bond acceptors (Lipinski definition) is 4. The van der Waals surface area contributed by atoms with Gasteiger partial charge in [0.15, 0.2) is 5.11 Å². The number of hydrogen-bond donors (Lipinski definition) is 1. The van der Waals surface area contributed by atoms with Crippen LogP contribution < -0.4 is 15.0 Å². The number of anilines is 1. The average Bonchev–Trinajstić information content (AvgIpc) is 3.40. The van der Waals surface area contributed by atoms with Crippen molar-refractivity contribution in [1.29, 1.82) is 0 Å². The molecule has 6 nitrogen and oxygen atoms in total. The maximum absolute atomic E-state index is 6.57. The molecule has 174 valence electrons. The fourth-order valence-corrected chi connectivity index (χ4v) is 4.54. The summed E-state index contributed by atoms with van der Waals surface area (Å²) in [6.45, 7) is 7.49. The Bertz CT molecular complexity index is 1110. The Balaban J connectivity index is 1.73. The zero-order valence-corrected chi connectivity index (χ0v) is 20.9. The van der Waals surface area contributed by atoms with Gasteiger partial charge in [-0.2, -0.15) is 0 Å². The Labute approximate surface area is 205 Å². The van der Waals surface area contributed by atoms with Crippen molar-refractivity contribution in [3.8, 4) is 5.75 Å². The summed E-state index contributed by atoms with van der Waals surface area (Å²) in [7, 11) is 1.64. The van der Waals surface area contributed by atoms with Crippen molar-refractivity contribution in [2.75, 3.05) is 25.2 Å². The van der Waals surface area contributed by atoms with Crippen molar-refractivity contribution < 1.29 is 9.47 Å². The monoisotopic (exact) mass is 484 g/mol. The summed E-state index contributed by atoms with van der Waals surface area (Å²) in [6, 6.07) is 13.6. The molecule has 0 spiro atoms. The molecule has 1 N–H and O–H groups in total. The highest BCUT2D eigenvalue weighted by Crippen LogP contribution is 2.43. The quantitative estimate of drug-likeness (QED) is 0.353. The smallest absolute Gasteiger partial charge is 0.174 e. The molecule has 1 aliphatic rings. The summed E-state index contributed by atoms with van der Waals surface area (Å²) in [6.07, 6.45) is 6.11. The summed E-state index contributed by atoms with van der Waals surface area (Å²) in [5.41, 5.74) is 2.94. The average molecular weight is 485 g/mol. The molecular weight excluding hydrogens is 456 g/mol. The van der Waals surface area contributed by atoms with E-state index in [-0.39, 0.29) is 17.6 Å². The van der Waals surface area contributed by atoms with Crippen molar-refractivity contribution in [1.82, 2.24) is 14.9 Å². The van der Waals surface area contributed by atoms with Crippen molar-refractivity contribution in [2.24, 2.45) is 0 Å². The van der Waals surface area contributed by atoms with Crippen LogP contribution in [0, 0.1) is 0 Å². The molecule has 8 heteroatoms. The minimum absolute atomic E-state index is 0.0272. The van der Waals surface area contributed by atoms with E-state index in [9.17, 15) is 0 Å². The first kappa shape index (κ1) is 23.5. The van der Waals surface area contributed by atoms with Gasteiger partial charge in [0, 0.05) is 36.9 Å². The van der Waals surface area contributed by atoms with Gasteiger partial charge >= 0.3 is 0 Å². The number of rotatable bonds is 7. The first-order valence-corrected chi connectivity index (χ1v) is 11.7. The molecule has 0 radical (unpaired) electrons. The Morgan fingerprint density at radius 1 is 1.15 bits per heavy atom. The van der Waals surface area contributed by atoms with E-state index in [2.05, 4.69) is 59.0 Å². The van der Waals surface area contributed by atoms with Gasteiger partial charge in [-0.05, 0) is 75.0 Å². The van der Waals surface area contributed by atoms with Crippen molar-refractivity contribution in [3.63, 3.8) is 0 Å². The highest BCUT2D eigenvalue weighted by atomic mass is 35.5. The van der Waals surface area contributed by atoms with Crippen LogP contribution in [0.5, 0.6) is 5.75 Å². The zero-order valence-electron chi connectivity index (χ0n) is 19.3. The maximum atomic E-state index is 6.57. The lowest BCUT2D eigenvalue weighted by molar-refractivity contribution is 0.146. The van der Waals surface area contributed by atoms with Gasteiger partial charge in [0.25, 0.3) is 0 Å². The topological polar surface area (TPSA) is 51.6 Å². The second-order valence-corrected chi connectivity index (χ2v) is 9.77. The van der Waals surface area contributed by atoms with Crippen LogP contribution in [0.3, 0.4) is 0 Å². The molecule has 0 saturated carbocycles. The highest BCUT2D eigenvalue weighted by Gasteiger charge is 2.41. The highest BCUT2D eigenvalue weighted by molar-refractivity contribution is 7.80. The number of halogens is 1. The molecule has 33 heavy (non-hydrogen) atoms. The number of nitrogens with zero attached hydrogens (tertiary/aromatic N) is 3. The third-order valence-corrected chi connectivity index (χ3v) is 6.28. The van der Waals surface area contributed by atoms with Crippen LogP contribution in [-0.4, -0.2) is 35.0 Å². The van der Waals surface area contributed by atoms with E-state index in [1.165, 1.54) is 0 Å². The number of ether oxygens (including phenoxy) is 2. The molecule has 1 aliphatic heterocycles. The van der Waals surface area contributed by atoms with E-state index in [1.54, 1.807) is 7.11 Å². The maximum Gasteiger partial charge on any atom is 0.174 e.